The van der Waals surface area contributed by atoms with Crippen molar-refractivity contribution < 1.29 is 4.79 Å². The first-order valence-corrected chi connectivity index (χ1v) is 6.11. The minimum Gasteiger partial charge on any atom is -0.267 e. The van der Waals surface area contributed by atoms with Gasteiger partial charge in [-0.1, -0.05) is 23.2 Å². The van der Waals surface area contributed by atoms with Crippen molar-refractivity contribution in [1.29, 1.82) is 0 Å². The smallest absolute Gasteiger partial charge is 0.267 e. The normalized spacial score (nSPS) is 11.6. The van der Waals surface area contributed by atoms with Gasteiger partial charge in [0.05, 0.1) is 15.6 Å². The molecule has 0 aliphatic heterocycles. The van der Waals surface area contributed by atoms with Crippen molar-refractivity contribution >= 4 is 45.9 Å². The lowest BCUT2D eigenvalue weighted by molar-refractivity contribution is 0.100. The van der Waals surface area contributed by atoms with E-state index in [0.29, 0.717) is 20.7 Å². The van der Waals surface area contributed by atoms with Crippen LogP contribution in [0.5, 0.6) is 0 Å². The van der Waals surface area contributed by atoms with Crippen LogP contribution in [0.15, 0.2) is 23.2 Å². The molecule has 0 fully saturated rings. The number of hydrogen-bond acceptors (Lipinski definition) is 2. The highest BCUT2D eigenvalue weighted by Crippen LogP contribution is 2.21. The Balaban J connectivity index is 3.02. The van der Waals surface area contributed by atoms with Crippen LogP contribution in [-0.2, 0) is 0 Å². The Hall–Kier alpha value is -0.510. The molecule has 0 saturated carbocycles. The molecule has 1 aromatic carbocycles. The summed E-state index contributed by atoms with van der Waals surface area (Å²) in [6.07, 6.45) is 1.86. The molecule has 0 unspecified atom stereocenters. The topological polar surface area (TPSA) is 29.4 Å². The summed E-state index contributed by atoms with van der Waals surface area (Å²) in [5, 5.41) is 1.53. The van der Waals surface area contributed by atoms with Crippen LogP contribution in [0.3, 0.4) is 0 Å². The van der Waals surface area contributed by atoms with Crippen LogP contribution in [0.25, 0.3) is 0 Å². The Kier molecular flexibility index (Phi) is 4.64. The van der Waals surface area contributed by atoms with Gasteiger partial charge in [-0.3, -0.25) is 4.79 Å². The summed E-state index contributed by atoms with van der Waals surface area (Å²) in [5.41, 5.74) is 0.370. The average Bonchev–Trinajstić information content (AvgIpc) is 2.17. The number of halogens is 2. The van der Waals surface area contributed by atoms with Crippen LogP contribution in [0, 0.1) is 0 Å². The Bertz CT molecular complexity index is 418. The molecule has 80 valence electrons. The van der Waals surface area contributed by atoms with Crippen LogP contribution in [-0.4, -0.2) is 17.2 Å². The molecule has 0 atom stereocenters. The molecule has 0 aromatic heterocycles. The summed E-state index contributed by atoms with van der Waals surface area (Å²) < 4.78 is 0. The standard InChI is InChI=1S/C10H9Cl2NOS/c1-6(15-2)13-10(14)8-4-3-7(11)5-9(8)12/h3-5H,1-2H3/b13-6+. The van der Waals surface area contributed by atoms with Crippen molar-refractivity contribution in [2.24, 2.45) is 4.99 Å². The largest absolute Gasteiger partial charge is 0.279 e. The summed E-state index contributed by atoms with van der Waals surface area (Å²) in [6, 6.07) is 4.72. The molecule has 2 nitrogen and oxygen atoms in total. The van der Waals surface area contributed by atoms with E-state index in [0.717, 1.165) is 0 Å². The van der Waals surface area contributed by atoms with Gasteiger partial charge in [-0.05, 0) is 31.4 Å². The Morgan fingerprint density at radius 2 is 2.07 bits per heavy atom. The molecular weight excluding hydrogens is 253 g/mol. The molecule has 15 heavy (non-hydrogen) atoms. The van der Waals surface area contributed by atoms with Crippen molar-refractivity contribution in [3.05, 3.63) is 33.8 Å². The maximum absolute atomic E-state index is 11.6. The van der Waals surface area contributed by atoms with Gasteiger partial charge in [-0.25, -0.2) is 4.99 Å². The first-order valence-electron chi connectivity index (χ1n) is 4.13. The fourth-order valence-corrected chi connectivity index (χ4v) is 1.58. The van der Waals surface area contributed by atoms with Gasteiger partial charge in [-0.15, -0.1) is 11.8 Å². The lowest BCUT2D eigenvalue weighted by Gasteiger charge is -2.00. The van der Waals surface area contributed by atoms with Crippen molar-refractivity contribution in [3.63, 3.8) is 0 Å². The maximum Gasteiger partial charge on any atom is 0.279 e. The summed E-state index contributed by atoms with van der Waals surface area (Å²) in [4.78, 5) is 15.5. The van der Waals surface area contributed by atoms with Gasteiger partial charge in [0.1, 0.15) is 0 Å². The minimum absolute atomic E-state index is 0.324. The van der Waals surface area contributed by atoms with Gasteiger partial charge in [0, 0.05) is 5.02 Å². The van der Waals surface area contributed by atoms with Gasteiger partial charge in [-0.2, -0.15) is 0 Å². The molecular formula is C10H9Cl2NOS. The third-order valence-corrected chi connectivity index (χ3v) is 2.95. The van der Waals surface area contributed by atoms with E-state index in [9.17, 15) is 4.79 Å². The Labute approximate surface area is 103 Å². The third-order valence-electron chi connectivity index (χ3n) is 1.72. The van der Waals surface area contributed by atoms with Crippen LogP contribution in [0.4, 0.5) is 0 Å². The van der Waals surface area contributed by atoms with Crippen LogP contribution in [0.2, 0.25) is 10.0 Å². The molecule has 0 saturated heterocycles. The highest BCUT2D eigenvalue weighted by molar-refractivity contribution is 8.13. The number of benzene rings is 1. The number of aliphatic imine (C=N–C) groups is 1. The minimum atomic E-state index is -0.344. The Morgan fingerprint density at radius 3 is 2.60 bits per heavy atom. The number of amides is 1. The predicted octanol–water partition coefficient (Wildman–Crippen LogP) is 3.92. The number of carbonyl (C=O) groups is 1. The lowest BCUT2D eigenvalue weighted by atomic mass is 10.2. The fraction of sp³-hybridized carbons (Fsp3) is 0.200. The van der Waals surface area contributed by atoms with E-state index in [4.69, 9.17) is 23.2 Å². The molecule has 5 heteroatoms. The van der Waals surface area contributed by atoms with E-state index >= 15 is 0 Å². The maximum atomic E-state index is 11.6. The van der Waals surface area contributed by atoms with Gasteiger partial charge < -0.3 is 0 Å². The van der Waals surface area contributed by atoms with E-state index in [1.165, 1.54) is 17.8 Å². The van der Waals surface area contributed by atoms with Gasteiger partial charge in [0.15, 0.2) is 0 Å². The van der Waals surface area contributed by atoms with E-state index in [1.807, 2.05) is 6.26 Å². The van der Waals surface area contributed by atoms with Gasteiger partial charge in [0.2, 0.25) is 0 Å². The monoisotopic (exact) mass is 261 g/mol. The summed E-state index contributed by atoms with van der Waals surface area (Å²) in [7, 11) is 0. The van der Waals surface area contributed by atoms with E-state index in [1.54, 1.807) is 19.1 Å². The first kappa shape index (κ1) is 12.6. The molecule has 0 aliphatic rings. The zero-order valence-corrected chi connectivity index (χ0v) is 10.6. The second-order valence-corrected chi connectivity index (χ2v) is 4.61. The van der Waals surface area contributed by atoms with Crippen molar-refractivity contribution in [2.75, 3.05) is 6.26 Å². The molecule has 0 heterocycles. The third kappa shape index (κ3) is 3.52. The molecule has 1 rings (SSSR count). The molecule has 0 aliphatic carbocycles. The molecule has 1 amide bonds. The predicted molar refractivity (Wildman–Crippen MR) is 67.4 cm³/mol. The van der Waals surface area contributed by atoms with Crippen LogP contribution < -0.4 is 0 Å². The molecule has 0 N–H and O–H groups in total. The molecule has 0 radical (unpaired) electrons. The summed E-state index contributed by atoms with van der Waals surface area (Å²) in [6.45, 7) is 1.77. The fourth-order valence-electron chi connectivity index (χ4n) is 0.912. The quantitative estimate of drug-likeness (QED) is 0.567. The van der Waals surface area contributed by atoms with Crippen molar-refractivity contribution in [3.8, 4) is 0 Å². The Morgan fingerprint density at radius 1 is 1.40 bits per heavy atom. The number of carbonyl (C=O) groups excluding carboxylic acids is 1. The average molecular weight is 262 g/mol. The van der Waals surface area contributed by atoms with E-state index < -0.39 is 0 Å². The zero-order chi connectivity index (χ0) is 11.4. The van der Waals surface area contributed by atoms with Crippen molar-refractivity contribution in [1.82, 2.24) is 0 Å². The summed E-state index contributed by atoms with van der Waals surface area (Å²) >= 11 is 13.0. The van der Waals surface area contributed by atoms with Crippen LogP contribution >= 0.6 is 35.0 Å². The second-order valence-electron chi connectivity index (χ2n) is 2.76. The first-order chi connectivity index (χ1) is 7.04. The summed E-state index contributed by atoms with van der Waals surface area (Å²) in [5.74, 6) is -0.344. The number of nitrogens with zero attached hydrogens (tertiary/aromatic N) is 1. The SMILES string of the molecule is CS/C(C)=N/C(=O)c1ccc(Cl)cc1Cl. The van der Waals surface area contributed by atoms with Crippen molar-refractivity contribution in [2.45, 2.75) is 6.92 Å². The highest BCUT2D eigenvalue weighted by atomic mass is 35.5. The zero-order valence-electron chi connectivity index (χ0n) is 8.25. The van der Waals surface area contributed by atoms with Crippen LogP contribution in [0.1, 0.15) is 17.3 Å². The van der Waals surface area contributed by atoms with E-state index in [-0.39, 0.29) is 5.91 Å². The number of thioether (sulfide) groups is 1. The van der Waals surface area contributed by atoms with Gasteiger partial charge >= 0.3 is 0 Å². The molecule has 0 bridgehead atoms. The lowest BCUT2D eigenvalue weighted by Crippen LogP contribution is -1.98. The number of hydrogen-bond donors (Lipinski definition) is 0. The van der Waals surface area contributed by atoms with E-state index in [2.05, 4.69) is 4.99 Å². The van der Waals surface area contributed by atoms with Gasteiger partial charge in [0.25, 0.3) is 5.91 Å². The molecule has 0 spiro atoms. The second kappa shape index (κ2) is 5.54. The molecule has 1 aromatic rings. The highest BCUT2D eigenvalue weighted by Gasteiger charge is 2.09. The number of rotatable bonds is 1.